The fourth-order valence-corrected chi connectivity index (χ4v) is 6.69. The molecule has 0 saturated carbocycles. The molecule has 6 atom stereocenters. The zero-order valence-electron chi connectivity index (χ0n) is 36.3. The molecule has 2 aliphatic rings. The maximum Gasteiger partial charge on any atom is 0.342 e. The van der Waals surface area contributed by atoms with E-state index in [0.717, 1.165) is 12.0 Å². The van der Waals surface area contributed by atoms with Crippen LogP contribution in [0.15, 0.2) is 110 Å². The molecule has 2 aliphatic heterocycles. The second-order valence-electron chi connectivity index (χ2n) is 14.9. The summed E-state index contributed by atoms with van der Waals surface area (Å²) in [5.41, 5.74) is 2.03. The van der Waals surface area contributed by atoms with E-state index in [4.69, 9.17) is 33.2 Å². The van der Waals surface area contributed by atoms with Crippen molar-refractivity contribution in [3.8, 4) is 11.5 Å². The van der Waals surface area contributed by atoms with Gasteiger partial charge in [-0.2, -0.15) is 0 Å². The van der Waals surface area contributed by atoms with Crippen molar-refractivity contribution in [1.29, 1.82) is 0 Å². The van der Waals surface area contributed by atoms with E-state index in [0.29, 0.717) is 49.0 Å². The second kappa shape index (κ2) is 28.0. The first-order chi connectivity index (χ1) is 29.9. The number of aromatic hydroxyl groups is 1. The molecule has 2 heterocycles. The summed E-state index contributed by atoms with van der Waals surface area (Å²) in [7, 11) is 3.10. The number of carbonyl (C=O) groups excluding carboxylic acids is 4. The molecule has 0 bridgehead atoms. The number of phenolic OH excluding ortho intramolecular Hbond substituents is 1. The number of allylic oxidation sites excluding steroid dienone is 4. The van der Waals surface area contributed by atoms with E-state index in [1.165, 1.54) is 37.5 Å². The minimum atomic E-state index is -0.679. The Morgan fingerprint density at radius 3 is 1.85 bits per heavy atom. The lowest BCUT2D eigenvalue weighted by Crippen LogP contribution is -2.31. The summed E-state index contributed by atoms with van der Waals surface area (Å²) in [6.07, 6.45) is 18.5. The summed E-state index contributed by atoms with van der Waals surface area (Å²) in [5.74, 6) is -1.65. The smallest absolute Gasteiger partial charge is 0.342 e. The van der Waals surface area contributed by atoms with E-state index in [2.05, 4.69) is 26.2 Å². The van der Waals surface area contributed by atoms with Crippen molar-refractivity contribution in [3.63, 3.8) is 0 Å². The SMILES string of the molecule is C=CCOC(=O)/C=C/C[C@H]1C[C@@H](O)[C@@H](C)C/C=C/Cc2cccc(O)c2C(=O)O1.C=CCOC(=O)/C=C/C[C@H]1C[C@@H](OCOC)[C@@H](C)C/C=C/Cc2cccc(OC)c2C(=O)O1. The number of aliphatic hydroxyl groups excluding tert-OH is 1. The lowest BCUT2D eigenvalue weighted by atomic mass is 9.93. The van der Waals surface area contributed by atoms with Gasteiger partial charge in [0.25, 0.3) is 0 Å². The van der Waals surface area contributed by atoms with E-state index < -0.39 is 42.2 Å². The second-order valence-corrected chi connectivity index (χ2v) is 14.9. The first-order valence-electron chi connectivity index (χ1n) is 20.8. The first-order valence-corrected chi connectivity index (χ1v) is 20.8. The van der Waals surface area contributed by atoms with E-state index in [-0.39, 0.29) is 62.1 Å². The van der Waals surface area contributed by atoms with Crippen LogP contribution in [0.25, 0.3) is 0 Å². The number of rotatable bonds is 14. The predicted molar refractivity (Wildman–Crippen MR) is 235 cm³/mol. The molecule has 0 unspecified atom stereocenters. The number of hydrogen-bond donors (Lipinski definition) is 2. The highest BCUT2D eigenvalue weighted by Crippen LogP contribution is 2.29. The van der Waals surface area contributed by atoms with Gasteiger partial charge in [0.15, 0.2) is 0 Å². The molecular formula is C49H62O13. The number of fused-ring (bicyclic) bond motifs is 2. The van der Waals surface area contributed by atoms with Crippen LogP contribution in [-0.2, 0) is 50.9 Å². The molecule has 2 aromatic rings. The number of ether oxygens (including phenoxy) is 7. The van der Waals surface area contributed by atoms with E-state index in [1.807, 2.05) is 37.3 Å². The van der Waals surface area contributed by atoms with Crippen molar-refractivity contribution in [1.82, 2.24) is 0 Å². The molecule has 0 aromatic heterocycles. The number of cyclic esters (lactones) is 2. The van der Waals surface area contributed by atoms with Crippen molar-refractivity contribution in [2.45, 2.75) is 89.6 Å². The van der Waals surface area contributed by atoms with E-state index in [9.17, 15) is 29.4 Å². The molecule has 336 valence electrons. The third-order valence-electron chi connectivity index (χ3n) is 10.1. The highest BCUT2D eigenvalue weighted by atomic mass is 16.7. The molecular weight excluding hydrogens is 797 g/mol. The molecule has 13 heteroatoms. The average molecular weight is 859 g/mol. The maximum absolute atomic E-state index is 13.2. The highest BCUT2D eigenvalue weighted by Gasteiger charge is 2.28. The molecule has 0 saturated heterocycles. The van der Waals surface area contributed by atoms with Gasteiger partial charge in [0.2, 0.25) is 0 Å². The number of esters is 4. The van der Waals surface area contributed by atoms with Gasteiger partial charge in [-0.15, -0.1) is 0 Å². The van der Waals surface area contributed by atoms with Crippen LogP contribution in [0.2, 0.25) is 0 Å². The van der Waals surface area contributed by atoms with Crippen molar-refractivity contribution in [2.75, 3.05) is 34.2 Å². The molecule has 0 fully saturated rings. The van der Waals surface area contributed by atoms with Crippen molar-refractivity contribution < 1.29 is 62.5 Å². The quantitative estimate of drug-likeness (QED) is 0.0618. The number of hydrogen-bond acceptors (Lipinski definition) is 13. The summed E-state index contributed by atoms with van der Waals surface area (Å²) in [6.45, 7) is 11.4. The highest BCUT2D eigenvalue weighted by molar-refractivity contribution is 5.95. The summed E-state index contributed by atoms with van der Waals surface area (Å²) in [6, 6.07) is 10.4. The van der Waals surface area contributed by atoms with Crippen LogP contribution in [-0.4, -0.2) is 92.7 Å². The fourth-order valence-electron chi connectivity index (χ4n) is 6.69. The topological polar surface area (TPSA) is 173 Å². The third-order valence-corrected chi connectivity index (χ3v) is 10.1. The molecule has 0 radical (unpaired) electrons. The van der Waals surface area contributed by atoms with Gasteiger partial charge in [0.05, 0.1) is 19.3 Å². The summed E-state index contributed by atoms with van der Waals surface area (Å²) < 4.78 is 37.8. The Labute approximate surface area is 365 Å². The van der Waals surface area contributed by atoms with Crippen LogP contribution >= 0.6 is 0 Å². The van der Waals surface area contributed by atoms with Gasteiger partial charge in [-0.05, 0) is 60.8 Å². The predicted octanol–water partition coefficient (Wildman–Crippen LogP) is 7.90. The Bertz CT molecular complexity index is 1890. The molecule has 62 heavy (non-hydrogen) atoms. The lowest BCUT2D eigenvalue weighted by Gasteiger charge is -2.28. The number of carbonyl (C=O) groups is 4. The standard InChI is InChI=1S/C26H34O7.C23H28O6/c1-5-16-31-24(27)15-9-13-21-17-23(32-18-29-3)19(2)10-6-7-11-20-12-8-14-22(30-4)25(20)26(28)33-21;1-3-14-28-21(26)13-7-11-18-15-20(25)16(2)8-4-5-9-17-10-6-12-19(24)22(17)23(27)29-18/h5-9,12,14-15,19,21,23H,1,10-11,13,16-18H2,2-4H3;3-7,10,12-13,16,18,20,24-25H,1,8-9,11,14-15H2,2H3/b7-6+,15-9+;5-4+,13-7+/t19-,21-,23+;16-,18-,20+/m00/s1. The zero-order chi connectivity index (χ0) is 45.3. The van der Waals surface area contributed by atoms with Gasteiger partial charge < -0.3 is 43.4 Å². The van der Waals surface area contributed by atoms with Gasteiger partial charge >= 0.3 is 23.9 Å². The molecule has 0 amide bonds. The third kappa shape index (κ3) is 17.3. The van der Waals surface area contributed by atoms with Gasteiger partial charge in [0, 0.05) is 44.9 Å². The van der Waals surface area contributed by atoms with Crippen LogP contribution in [0.5, 0.6) is 11.5 Å². The van der Waals surface area contributed by atoms with Gasteiger partial charge in [-0.25, -0.2) is 19.2 Å². The molecule has 0 spiro atoms. The Balaban J connectivity index is 0.000000333. The minimum absolute atomic E-state index is 0.0166. The molecule has 2 aromatic carbocycles. The van der Waals surface area contributed by atoms with Gasteiger partial charge in [-0.1, -0.05) is 99.9 Å². The minimum Gasteiger partial charge on any atom is -0.507 e. The fraction of sp³-hybridized carbons (Fsp3) is 0.429. The summed E-state index contributed by atoms with van der Waals surface area (Å²) in [5, 5.41) is 20.7. The number of phenols is 1. The average Bonchev–Trinajstić information content (AvgIpc) is 3.25. The number of methoxy groups -OCH3 is 2. The van der Waals surface area contributed by atoms with Crippen molar-refractivity contribution >= 4 is 23.9 Å². The van der Waals surface area contributed by atoms with E-state index in [1.54, 1.807) is 37.5 Å². The van der Waals surface area contributed by atoms with Crippen LogP contribution in [0.4, 0.5) is 0 Å². The van der Waals surface area contributed by atoms with Crippen molar-refractivity contribution in [3.05, 3.63) is 133 Å². The lowest BCUT2D eigenvalue weighted by molar-refractivity contribution is -0.137. The largest absolute Gasteiger partial charge is 0.507 e. The Kier molecular flexibility index (Phi) is 22.8. The number of aliphatic hydroxyl groups is 1. The Morgan fingerprint density at radius 1 is 0.758 bits per heavy atom. The molecule has 4 rings (SSSR count). The molecule has 13 nitrogen and oxygen atoms in total. The van der Waals surface area contributed by atoms with Gasteiger partial charge in [-0.3, -0.25) is 0 Å². The summed E-state index contributed by atoms with van der Waals surface area (Å²) >= 11 is 0. The molecule has 2 N–H and O–H groups in total. The molecule has 0 aliphatic carbocycles. The monoisotopic (exact) mass is 858 g/mol. The summed E-state index contributed by atoms with van der Waals surface area (Å²) in [4.78, 5) is 49.4. The maximum atomic E-state index is 13.2. The van der Waals surface area contributed by atoms with E-state index >= 15 is 0 Å². The van der Waals surface area contributed by atoms with Crippen LogP contribution in [0.3, 0.4) is 0 Å². The Hall–Kier alpha value is -5.76. The van der Waals surface area contributed by atoms with Crippen LogP contribution in [0, 0.1) is 11.8 Å². The Morgan fingerprint density at radius 2 is 1.29 bits per heavy atom. The normalized spacial score (nSPS) is 23.1. The van der Waals surface area contributed by atoms with Crippen molar-refractivity contribution in [2.24, 2.45) is 11.8 Å². The zero-order valence-corrected chi connectivity index (χ0v) is 36.3. The van der Waals surface area contributed by atoms with Gasteiger partial charge in [0.1, 0.15) is 54.8 Å². The van der Waals surface area contributed by atoms with Crippen LogP contribution in [0.1, 0.15) is 84.2 Å². The number of benzene rings is 2. The van der Waals surface area contributed by atoms with Crippen LogP contribution < -0.4 is 4.74 Å². The first kappa shape index (κ1) is 50.6.